The summed E-state index contributed by atoms with van der Waals surface area (Å²) in [7, 11) is 1.51. The Morgan fingerprint density at radius 1 is 1.64 bits per heavy atom. The molecule has 11 heavy (non-hydrogen) atoms. The Labute approximate surface area is 67.6 Å². The molecule has 0 spiro atoms. The topological polar surface area (TPSA) is 26.3 Å². The summed E-state index contributed by atoms with van der Waals surface area (Å²) in [4.78, 5) is 11.1. The summed E-state index contributed by atoms with van der Waals surface area (Å²) in [5, 5.41) is 0. The van der Waals surface area contributed by atoms with Crippen molar-refractivity contribution in [2.75, 3.05) is 13.7 Å². The summed E-state index contributed by atoms with van der Waals surface area (Å²) < 4.78 is 4.71. The fourth-order valence-corrected chi connectivity index (χ4v) is 0.772. The van der Waals surface area contributed by atoms with E-state index in [2.05, 4.69) is 6.58 Å². The summed E-state index contributed by atoms with van der Waals surface area (Å²) >= 11 is 0. The Hall–Kier alpha value is -0.890. The number of allylic oxidation sites excluding steroid dienone is 2. The molecule has 0 aliphatic carbocycles. The number of carbonyl (C=O) groups excluding carboxylic acids is 1. The lowest BCUT2D eigenvalue weighted by Crippen LogP contribution is -2.08. The zero-order valence-corrected chi connectivity index (χ0v) is 7.09. The molecule has 0 rings (SSSR count). The number of ether oxygens (including phenoxy) is 1. The Bertz CT molecular complexity index is 168. The molecular formula is C9H14O2. The fraction of sp³-hybridized carbons (Fsp3) is 0.444. The average molecular weight is 154 g/mol. The quantitative estimate of drug-likeness (QED) is 0.445. The molecule has 0 aromatic carbocycles. The molecule has 0 saturated heterocycles. The van der Waals surface area contributed by atoms with E-state index in [0.29, 0.717) is 6.42 Å². The first kappa shape index (κ1) is 10.1. The lowest BCUT2D eigenvalue weighted by molar-refractivity contribution is -0.119. The van der Waals surface area contributed by atoms with Gasteiger partial charge in [0, 0.05) is 7.11 Å². The normalized spacial score (nSPS) is 11.3. The van der Waals surface area contributed by atoms with E-state index in [0.717, 1.165) is 5.57 Å². The van der Waals surface area contributed by atoms with Gasteiger partial charge in [0.15, 0.2) is 5.78 Å². The van der Waals surface area contributed by atoms with E-state index in [4.69, 9.17) is 4.74 Å². The Balaban J connectivity index is 4.04. The number of carbonyl (C=O) groups is 1. The van der Waals surface area contributed by atoms with Gasteiger partial charge in [-0.25, -0.2) is 0 Å². The van der Waals surface area contributed by atoms with Gasteiger partial charge < -0.3 is 4.74 Å². The van der Waals surface area contributed by atoms with Gasteiger partial charge in [0.1, 0.15) is 6.61 Å². The Morgan fingerprint density at radius 2 is 2.27 bits per heavy atom. The standard InChI is InChI=1S/C9H14O2/c1-4-6-8(5-2)9(10)7-11-3/h4-5H,1,6-7H2,2-3H3/b8-5-. The van der Waals surface area contributed by atoms with Gasteiger partial charge in [0.2, 0.25) is 0 Å². The van der Waals surface area contributed by atoms with E-state index < -0.39 is 0 Å². The lowest BCUT2D eigenvalue weighted by atomic mass is 10.1. The second kappa shape index (κ2) is 5.86. The Kier molecular flexibility index (Phi) is 5.39. The summed E-state index contributed by atoms with van der Waals surface area (Å²) in [6.07, 6.45) is 4.13. The fourth-order valence-electron chi connectivity index (χ4n) is 0.772. The van der Waals surface area contributed by atoms with Crippen molar-refractivity contribution in [3.05, 3.63) is 24.3 Å². The highest BCUT2D eigenvalue weighted by atomic mass is 16.5. The number of methoxy groups -OCH3 is 1. The first-order chi connectivity index (χ1) is 5.26. The van der Waals surface area contributed by atoms with Crippen LogP contribution in [0.4, 0.5) is 0 Å². The van der Waals surface area contributed by atoms with E-state index in [1.807, 2.05) is 6.92 Å². The predicted octanol–water partition coefficient (Wildman–Crippen LogP) is 1.72. The molecular weight excluding hydrogens is 140 g/mol. The molecule has 2 heteroatoms. The van der Waals surface area contributed by atoms with Crippen molar-refractivity contribution in [3.8, 4) is 0 Å². The van der Waals surface area contributed by atoms with Crippen molar-refractivity contribution in [1.29, 1.82) is 0 Å². The van der Waals surface area contributed by atoms with Crippen LogP contribution in [0.15, 0.2) is 24.3 Å². The Morgan fingerprint density at radius 3 is 2.64 bits per heavy atom. The van der Waals surface area contributed by atoms with Crippen molar-refractivity contribution in [1.82, 2.24) is 0 Å². The maximum atomic E-state index is 11.1. The molecule has 2 nitrogen and oxygen atoms in total. The number of hydrogen-bond acceptors (Lipinski definition) is 2. The van der Waals surface area contributed by atoms with Crippen LogP contribution in [0.5, 0.6) is 0 Å². The van der Waals surface area contributed by atoms with Gasteiger partial charge in [0.05, 0.1) is 0 Å². The summed E-state index contributed by atoms with van der Waals surface area (Å²) in [6.45, 7) is 5.56. The molecule has 62 valence electrons. The SMILES string of the molecule is C=CC/C(=C/C)C(=O)COC. The van der Waals surface area contributed by atoms with Crippen LogP contribution in [-0.4, -0.2) is 19.5 Å². The monoisotopic (exact) mass is 154 g/mol. The second-order valence-corrected chi connectivity index (χ2v) is 2.16. The van der Waals surface area contributed by atoms with E-state index in [1.54, 1.807) is 12.2 Å². The first-order valence-corrected chi connectivity index (χ1v) is 3.54. The van der Waals surface area contributed by atoms with Gasteiger partial charge in [0.25, 0.3) is 0 Å². The molecule has 0 fully saturated rings. The molecule has 0 heterocycles. The van der Waals surface area contributed by atoms with Crippen molar-refractivity contribution in [2.45, 2.75) is 13.3 Å². The van der Waals surface area contributed by atoms with Crippen LogP contribution in [0.25, 0.3) is 0 Å². The third kappa shape index (κ3) is 3.73. The summed E-state index contributed by atoms with van der Waals surface area (Å²) in [6, 6.07) is 0. The van der Waals surface area contributed by atoms with Gasteiger partial charge >= 0.3 is 0 Å². The van der Waals surface area contributed by atoms with Crippen LogP contribution in [0.3, 0.4) is 0 Å². The average Bonchev–Trinajstić information content (AvgIpc) is 2.00. The summed E-state index contributed by atoms with van der Waals surface area (Å²) in [5.41, 5.74) is 0.766. The van der Waals surface area contributed by atoms with Gasteiger partial charge in [-0.3, -0.25) is 4.79 Å². The predicted molar refractivity (Wildman–Crippen MR) is 45.5 cm³/mol. The number of rotatable bonds is 5. The molecule has 0 radical (unpaired) electrons. The minimum absolute atomic E-state index is 0.0369. The molecule has 0 amide bonds. The largest absolute Gasteiger partial charge is 0.377 e. The summed E-state index contributed by atoms with van der Waals surface area (Å²) in [5.74, 6) is 0.0369. The zero-order chi connectivity index (χ0) is 8.69. The van der Waals surface area contributed by atoms with Gasteiger partial charge in [-0.2, -0.15) is 0 Å². The first-order valence-electron chi connectivity index (χ1n) is 3.54. The van der Waals surface area contributed by atoms with E-state index in [-0.39, 0.29) is 12.4 Å². The van der Waals surface area contributed by atoms with Crippen LogP contribution in [0, 0.1) is 0 Å². The molecule has 0 bridgehead atoms. The minimum atomic E-state index is 0.0369. The van der Waals surface area contributed by atoms with Crippen LogP contribution < -0.4 is 0 Å². The highest BCUT2D eigenvalue weighted by molar-refractivity contribution is 5.96. The van der Waals surface area contributed by atoms with Crippen molar-refractivity contribution >= 4 is 5.78 Å². The van der Waals surface area contributed by atoms with Gasteiger partial charge in [-0.05, 0) is 18.9 Å². The molecule has 0 unspecified atom stereocenters. The van der Waals surface area contributed by atoms with Crippen LogP contribution >= 0.6 is 0 Å². The van der Waals surface area contributed by atoms with Gasteiger partial charge in [-0.15, -0.1) is 6.58 Å². The smallest absolute Gasteiger partial charge is 0.184 e. The minimum Gasteiger partial charge on any atom is -0.377 e. The highest BCUT2D eigenvalue weighted by Gasteiger charge is 2.04. The second-order valence-electron chi connectivity index (χ2n) is 2.16. The number of ketones is 1. The van der Waals surface area contributed by atoms with Crippen molar-refractivity contribution < 1.29 is 9.53 Å². The number of hydrogen-bond donors (Lipinski definition) is 0. The molecule has 0 aromatic rings. The molecule has 0 N–H and O–H groups in total. The van der Waals surface area contributed by atoms with E-state index in [1.165, 1.54) is 7.11 Å². The molecule has 0 aliphatic rings. The van der Waals surface area contributed by atoms with Crippen molar-refractivity contribution in [2.24, 2.45) is 0 Å². The maximum absolute atomic E-state index is 11.1. The van der Waals surface area contributed by atoms with Crippen LogP contribution in [0.1, 0.15) is 13.3 Å². The zero-order valence-electron chi connectivity index (χ0n) is 7.09. The molecule has 0 aromatic heterocycles. The van der Waals surface area contributed by atoms with E-state index in [9.17, 15) is 4.79 Å². The van der Waals surface area contributed by atoms with Gasteiger partial charge in [-0.1, -0.05) is 12.2 Å². The number of Topliss-reactive ketones (excluding diaryl/α,β-unsaturated/α-hetero) is 1. The highest BCUT2D eigenvalue weighted by Crippen LogP contribution is 2.03. The van der Waals surface area contributed by atoms with Crippen molar-refractivity contribution in [3.63, 3.8) is 0 Å². The lowest BCUT2D eigenvalue weighted by Gasteiger charge is -2.00. The third-order valence-electron chi connectivity index (χ3n) is 1.35. The maximum Gasteiger partial charge on any atom is 0.184 e. The molecule has 0 aliphatic heterocycles. The molecule has 0 atom stereocenters. The van der Waals surface area contributed by atoms with E-state index >= 15 is 0 Å². The third-order valence-corrected chi connectivity index (χ3v) is 1.35. The van der Waals surface area contributed by atoms with Crippen LogP contribution in [-0.2, 0) is 9.53 Å². The van der Waals surface area contributed by atoms with Crippen LogP contribution in [0.2, 0.25) is 0 Å². The molecule has 0 saturated carbocycles.